The monoisotopic (exact) mass is 595 g/mol. The fourth-order valence-electron chi connectivity index (χ4n) is 4.19. The second-order valence-corrected chi connectivity index (χ2v) is 13.0. The van der Waals surface area contributed by atoms with Crippen LogP contribution in [0.3, 0.4) is 0 Å². The molecular weight excluding hydrogens is 561 g/mol. The fourth-order valence-corrected chi connectivity index (χ4v) is 6.61. The van der Waals surface area contributed by atoms with Gasteiger partial charge in [0.05, 0.1) is 26.1 Å². The van der Waals surface area contributed by atoms with Crippen molar-refractivity contribution < 1.29 is 38.3 Å². The highest BCUT2D eigenvalue weighted by Crippen LogP contribution is 2.47. The van der Waals surface area contributed by atoms with Gasteiger partial charge in [-0.1, -0.05) is 18.2 Å². The van der Waals surface area contributed by atoms with Gasteiger partial charge in [-0.05, 0) is 58.6 Å². The lowest BCUT2D eigenvalue weighted by atomic mass is 9.96. The molecule has 0 bridgehead atoms. The first-order valence-corrected chi connectivity index (χ1v) is 15.3. The minimum atomic E-state index is -3.40. The third-order valence-corrected chi connectivity index (χ3v) is 8.64. The van der Waals surface area contributed by atoms with Gasteiger partial charge in [0.15, 0.2) is 17.4 Å². The number of para-hydroxylation sites is 1. The molecule has 3 heterocycles. The van der Waals surface area contributed by atoms with E-state index in [1.54, 1.807) is 52.0 Å². The molecule has 0 saturated carbocycles. The van der Waals surface area contributed by atoms with Crippen molar-refractivity contribution in [2.45, 2.75) is 70.8 Å². The van der Waals surface area contributed by atoms with Gasteiger partial charge in [-0.25, -0.2) is 15.1 Å². The molecule has 15 heteroatoms. The molecule has 4 rings (SSSR count). The SMILES string of the molecule is COc1nc(C)nc2c1ncn2[C@@H]1O[C@H](COP(=S)(NC(C)C(=O)OC(C)C)Oc2ccccc2)[C@@H](O)[C@@]1(C)O. The van der Waals surface area contributed by atoms with Crippen molar-refractivity contribution in [2.24, 2.45) is 0 Å². The zero-order valence-electron chi connectivity index (χ0n) is 23.0. The molecule has 218 valence electrons. The number of aromatic nitrogens is 4. The molecule has 0 radical (unpaired) electrons. The van der Waals surface area contributed by atoms with Crippen LogP contribution in [-0.2, 0) is 30.6 Å². The topological polar surface area (TPSA) is 159 Å². The number of aliphatic hydroxyl groups is 2. The quantitative estimate of drug-likeness (QED) is 0.219. The Bertz CT molecular complexity index is 1390. The molecule has 2 unspecified atom stereocenters. The number of hydrogen-bond donors (Lipinski definition) is 3. The van der Waals surface area contributed by atoms with Crippen LogP contribution >= 0.6 is 6.64 Å². The number of rotatable bonds is 11. The van der Waals surface area contributed by atoms with Crippen LogP contribution < -0.4 is 14.3 Å². The average molecular weight is 596 g/mol. The normalized spacial score (nSPS) is 25.1. The summed E-state index contributed by atoms with van der Waals surface area (Å²) in [4.78, 5) is 25.5. The van der Waals surface area contributed by atoms with Crippen LogP contribution in [0.4, 0.5) is 0 Å². The maximum absolute atomic E-state index is 12.5. The molecule has 2 aromatic heterocycles. The molecule has 1 fully saturated rings. The number of aryl methyl sites for hydroxylation is 1. The van der Waals surface area contributed by atoms with Gasteiger partial charge in [-0.2, -0.15) is 4.98 Å². The Balaban J connectivity index is 1.56. The number of fused-ring (bicyclic) bond motifs is 1. The molecule has 3 N–H and O–H groups in total. The molecule has 3 aromatic rings. The van der Waals surface area contributed by atoms with Gasteiger partial charge < -0.3 is 33.5 Å². The summed E-state index contributed by atoms with van der Waals surface area (Å²) in [6.07, 6.45) is -2.38. The van der Waals surface area contributed by atoms with E-state index in [1.807, 2.05) is 6.07 Å². The van der Waals surface area contributed by atoms with Gasteiger partial charge in [0, 0.05) is 0 Å². The molecule has 40 heavy (non-hydrogen) atoms. The minimum Gasteiger partial charge on any atom is -0.479 e. The smallest absolute Gasteiger partial charge is 0.323 e. The first-order chi connectivity index (χ1) is 18.8. The highest BCUT2D eigenvalue weighted by molar-refractivity contribution is 8.09. The summed E-state index contributed by atoms with van der Waals surface area (Å²) < 4.78 is 30.2. The number of aliphatic hydroxyl groups excluding tert-OH is 1. The molecule has 1 aliphatic rings. The van der Waals surface area contributed by atoms with Crippen LogP contribution in [0, 0.1) is 6.92 Å². The summed E-state index contributed by atoms with van der Waals surface area (Å²) >= 11 is 5.74. The summed E-state index contributed by atoms with van der Waals surface area (Å²) in [6, 6.07) is 7.91. The predicted molar refractivity (Wildman–Crippen MR) is 148 cm³/mol. The Hall–Kier alpha value is -2.71. The third-order valence-electron chi connectivity index (χ3n) is 6.14. The largest absolute Gasteiger partial charge is 0.479 e. The number of carbonyl (C=O) groups is 1. The van der Waals surface area contributed by atoms with Crippen molar-refractivity contribution in [1.82, 2.24) is 24.6 Å². The molecule has 1 aromatic carbocycles. The van der Waals surface area contributed by atoms with E-state index in [0.29, 0.717) is 22.7 Å². The van der Waals surface area contributed by atoms with Crippen LogP contribution in [0.25, 0.3) is 11.2 Å². The second kappa shape index (κ2) is 12.0. The number of nitrogens with zero attached hydrogens (tertiary/aromatic N) is 4. The molecule has 0 amide bonds. The number of nitrogens with one attached hydrogen (secondary N) is 1. The molecule has 0 aliphatic carbocycles. The third kappa shape index (κ3) is 6.44. The van der Waals surface area contributed by atoms with E-state index in [2.05, 4.69) is 20.0 Å². The van der Waals surface area contributed by atoms with E-state index in [-0.39, 0.29) is 18.6 Å². The van der Waals surface area contributed by atoms with Crippen molar-refractivity contribution in [3.63, 3.8) is 0 Å². The van der Waals surface area contributed by atoms with Gasteiger partial charge in [-0.15, -0.1) is 0 Å². The first-order valence-electron chi connectivity index (χ1n) is 12.6. The number of esters is 1. The number of ether oxygens (including phenoxy) is 3. The van der Waals surface area contributed by atoms with E-state index in [1.165, 1.54) is 24.9 Å². The van der Waals surface area contributed by atoms with E-state index in [0.717, 1.165) is 0 Å². The average Bonchev–Trinajstić information content (AvgIpc) is 3.40. The van der Waals surface area contributed by atoms with E-state index >= 15 is 0 Å². The minimum absolute atomic E-state index is 0.263. The summed E-state index contributed by atoms with van der Waals surface area (Å²) in [5.74, 6) is 0.604. The Morgan fingerprint density at radius 3 is 2.62 bits per heavy atom. The number of methoxy groups -OCH3 is 1. The van der Waals surface area contributed by atoms with Crippen LogP contribution in [0.1, 0.15) is 39.7 Å². The highest BCUT2D eigenvalue weighted by Gasteiger charge is 2.54. The van der Waals surface area contributed by atoms with E-state index in [9.17, 15) is 15.0 Å². The molecule has 1 saturated heterocycles. The molecular formula is C25H34N5O8PS. The van der Waals surface area contributed by atoms with E-state index in [4.69, 9.17) is 35.1 Å². The molecule has 6 atom stereocenters. The van der Waals surface area contributed by atoms with Gasteiger partial charge in [0.1, 0.15) is 35.4 Å². The Morgan fingerprint density at radius 2 is 1.98 bits per heavy atom. The van der Waals surface area contributed by atoms with Gasteiger partial charge in [0.2, 0.25) is 5.88 Å². The highest BCUT2D eigenvalue weighted by atomic mass is 32.5. The second-order valence-electron chi connectivity index (χ2n) is 9.84. The van der Waals surface area contributed by atoms with Crippen molar-refractivity contribution in [2.75, 3.05) is 13.7 Å². The molecule has 0 spiro atoms. The predicted octanol–water partition coefficient (Wildman–Crippen LogP) is 2.40. The summed E-state index contributed by atoms with van der Waals surface area (Å²) in [6.45, 7) is 4.55. The maximum atomic E-state index is 12.5. The lowest BCUT2D eigenvalue weighted by Crippen LogP contribution is -2.44. The van der Waals surface area contributed by atoms with Gasteiger partial charge >= 0.3 is 12.6 Å². The lowest BCUT2D eigenvalue weighted by Gasteiger charge is -2.28. The lowest BCUT2D eigenvalue weighted by molar-refractivity contribution is -0.149. The number of benzene rings is 1. The fraction of sp³-hybridized carbons (Fsp3) is 0.520. The van der Waals surface area contributed by atoms with Crippen LogP contribution in [0.5, 0.6) is 11.6 Å². The van der Waals surface area contributed by atoms with Crippen molar-refractivity contribution >= 4 is 35.6 Å². The zero-order chi connectivity index (χ0) is 29.2. The van der Waals surface area contributed by atoms with Crippen LogP contribution in [0.2, 0.25) is 0 Å². The first kappa shape index (κ1) is 30.3. The summed E-state index contributed by atoms with van der Waals surface area (Å²) in [7, 11) is 1.47. The van der Waals surface area contributed by atoms with Crippen LogP contribution in [-0.4, -0.2) is 79.4 Å². The Labute approximate surface area is 237 Å². The Morgan fingerprint density at radius 1 is 1.27 bits per heavy atom. The standard InChI is InChI=1S/C25H34N5O8PS/c1-14(2)36-23(32)15(3)29-39(40,38-17-10-8-7-9-11-17)35-12-18-20(31)25(5,33)24(37-18)30-13-26-19-21(30)27-16(4)28-22(19)34-6/h7-11,13-15,18,20,24,31,33H,12H2,1-6H3,(H,29,40)/t15?,18-,20-,24-,25-,39?/m1/s1. The zero-order valence-corrected chi connectivity index (χ0v) is 24.8. The van der Waals surface area contributed by atoms with Crippen LogP contribution in [0.15, 0.2) is 36.7 Å². The number of carbonyl (C=O) groups excluding carboxylic acids is 1. The van der Waals surface area contributed by atoms with Crippen molar-refractivity contribution in [1.29, 1.82) is 0 Å². The van der Waals surface area contributed by atoms with E-state index < -0.39 is 42.7 Å². The molecule has 13 nitrogen and oxygen atoms in total. The van der Waals surface area contributed by atoms with Gasteiger partial charge in [-0.3, -0.25) is 9.36 Å². The van der Waals surface area contributed by atoms with Crippen molar-refractivity contribution in [3.8, 4) is 11.6 Å². The number of imidazole rings is 1. The summed E-state index contributed by atoms with van der Waals surface area (Å²) in [5, 5.41) is 25.3. The van der Waals surface area contributed by atoms with Crippen molar-refractivity contribution in [3.05, 3.63) is 42.5 Å². The van der Waals surface area contributed by atoms with Gasteiger partial charge in [0.25, 0.3) is 0 Å². The summed E-state index contributed by atoms with van der Waals surface area (Å²) in [5.41, 5.74) is -1.03. The number of hydrogen-bond acceptors (Lipinski definition) is 12. The molecule has 1 aliphatic heterocycles. The maximum Gasteiger partial charge on any atom is 0.323 e. The Kier molecular flexibility index (Phi) is 9.10.